The molecule has 0 saturated heterocycles. The first kappa shape index (κ1) is 16.5. The van der Waals surface area contributed by atoms with Crippen LogP contribution in [0.5, 0.6) is 0 Å². The van der Waals surface area contributed by atoms with Crippen LogP contribution in [0, 0.1) is 0 Å². The highest BCUT2D eigenvalue weighted by molar-refractivity contribution is 7.13. The quantitative estimate of drug-likeness (QED) is 0.742. The molecule has 120 valence electrons. The maximum absolute atomic E-state index is 6.26. The summed E-state index contributed by atoms with van der Waals surface area (Å²) in [7, 11) is 2.07. The summed E-state index contributed by atoms with van der Waals surface area (Å²) in [5.74, 6) is 1.18. The van der Waals surface area contributed by atoms with Crippen LogP contribution in [0.2, 0.25) is 10.0 Å². The maximum atomic E-state index is 6.26. The van der Waals surface area contributed by atoms with Gasteiger partial charge in [-0.1, -0.05) is 41.4 Å². The lowest BCUT2D eigenvalue weighted by atomic mass is 10.2. The van der Waals surface area contributed by atoms with Crippen LogP contribution >= 0.6 is 34.5 Å². The van der Waals surface area contributed by atoms with Crippen LogP contribution in [-0.4, -0.2) is 17.2 Å². The summed E-state index contributed by atoms with van der Waals surface area (Å²) in [6, 6.07) is 9.66. The zero-order chi connectivity index (χ0) is 16.4. The van der Waals surface area contributed by atoms with Crippen molar-refractivity contribution in [2.24, 2.45) is 0 Å². The Balaban J connectivity index is 1.75. The Labute approximate surface area is 148 Å². The summed E-state index contributed by atoms with van der Waals surface area (Å²) in [6.45, 7) is 2.77. The van der Waals surface area contributed by atoms with Crippen molar-refractivity contribution in [1.82, 2.24) is 10.2 Å². The van der Waals surface area contributed by atoms with Gasteiger partial charge in [0.15, 0.2) is 6.04 Å². The molecule has 1 N–H and O–H groups in total. The van der Waals surface area contributed by atoms with Gasteiger partial charge in [0.2, 0.25) is 0 Å². The molecule has 0 saturated carbocycles. The molecule has 0 fully saturated rings. The van der Waals surface area contributed by atoms with E-state index in [2.05, 4.69) is 24.2 Å². The van der Waals surface area contributed by atoms with E-state index >= 15 is 0 Å². The highest BCUT2D eigenvalue weighted by atomic mass is 35.5. The van der Waals surface area contributed by atoms with E-state index in [-0.39, 0.29) is 6.04 Å². The average Bonchev–Trinajstić information content (AvgIpc) is 3.21. The van der Waals surface area contributed by atoms with E-state index in [1.54, 1.807) is 17.4 Å². The number of aromatic nitrogens is 2. The summed E-state index contributed by atoms with van der Waals surface area (Å²) in [5.41, 5.74) is 1.00. The van der Waals surface area contributed by atoms with Crippen molar-refractivity contribution in [1.29, 1.82) is 0 Å². The van der Waals surface area contributed by atoms with Crippen LogP contribution in [0.4, 0.5) is 0 Å². The number of nitrogens with one attached hydrogen (secondary N) is 1. The van der Waals surface area contributed by atoms with Gasteiger partial charge in [0.25, 0.3) is 11.8 Å². The van der Waals surface area contributed by atoms with Crippen LogP contribution < -0.4 is 4.90 Å². The largest absolute Gasteiger partial charge is 0.414 e. The van der Waals surface area contributed by atoms with Gasteiger partial charge in [-0.2, -0.15) is 0 Å². The fourth-order valence-electron chi connectivity index (χ4n) is 2.26. The van der Waals surface area contributed by atoms with E-state index < -0.39 is 0 Å². The molecule has 0 spiro atoms. The van der Waals surface area contributed by atoms with Crippen molar-refractivity contribution in [3.8, 4) is 10.8 Å². The molecule has 2 aromatic heterocycles. The summed E-state index contributed by atoms with van der Waals surface area (Å²) in [6.07, 6.45) is 0. The molecule has 0 bridgehead atoms. The Morgan fingerprint density at radius 3 is 2.78 bits per heavy atom. The van der Waals surface area contributed by atoms with Crippen molar-refractivity contribution in [2.45, 2.75) is 19.5 Å². The fourth-order valence-corrected chi connectivity index (χ4v) is 3.29. The first-order chi connectivity index (χ1) is 11.1. The fraction of sp³-hybridized carbons (Fsp3) is 0.250. The molecule has 0 aliphatic rings. The van der Waals surface area contributed by atoms with Gasteiger partial charge in [-0.25, -0.2) is 0 Å². The SMILES string of the molecule is C[C@H](c1nnc(-c2cccs2)o1)[NH+](C)Cc1cccc(Cl)c1Cl. The molecule has 0 aliphatic heterocycles. The molecule has 23 heavy (non-hydrogen) atoms. The van der Waals surface area contributed by atoms with E-state index in [4.69, 9.17) is 27.6 Å². The second-order valence-corrected chi connectivity index (χ2v) is 7.11. The lowest BCUT2D eigenvalue weighted by Gasteiger charge is -2.19. The van der Waals surface area contributed by atoms with Gasteiger partial charge >= 0.3 is 0 Å². The minimum atomic E-state index is 0.0475. The van der Waals surface area contributed by atoms with E-state index in [0.717, 1.165) is 17.0 Å². The second kappa shape index (κ2) is 7.01. The van der Waals surface area contributed by atoms with Crippen molar-refractivity contribution in [3.63, 3.8) is 0 Å². The zero-order valence-electron chi connectivity index (χ0n) is 12.7. The third kappa shape index (κ3) is 3.58. The summed E-state index contributed by atoms with van der Waals surface area (Å²) in [5, 5.41) is 11.5. The number of nitrogens with zero attached hydrogens (tertiary/aromatic N) is 2. The Bertz CT molecular complexity index is 788. The Morgan fingerprint density at radius 1 is 1.22 bits per heavy atom. The van der Waals surface area contributed by atoms with Crippen LogP contribution in [0.1, 0.15) is 24.4 Å². The van der Waals surface area contributed by atoms with E-state index in [1.807, 2.05) is 29.6 Å². The normalized spacial score (nSPS) is 13.9. The number of hydrogen-bond donors (Lipinski definition) is 1. The Kier molecular flexibility index (Phi) is 5.02. The van der Waals surface area contributed by atoms with Gasteiger partial charge < -0.3 is 9.32 Å². The number of quaternary nitrogens is 1. The third-order valence-electron chi connectivity index (χ3n) is 3.78. The van der Waals surface area contributed by atoms with Crippen molar-refractivity contribution in [2.75, 3.05) is 7.05 Å². The minimum Gasteiger partial charge on any atom is -0.414 e. The second-order valence-electron chi connectivity index (χ2n) is 5.38. The molecule has 4 nitrogen and oxygen atoms in total. The Hall–Kier alpha value is -1.40. The molecule has 0 aliphatic carbocycles. The predicted octanol–water partition coefficient (Wildman–Crippen LogP) is 3.88. The third-order valence-corrected chi connectivity index (χ3v) is 5.50. The molecular weight excluding hydrogens is 353 g/mol. The predicted molar refractivity (Wildman–Crippen MR) is 93.1 cm³/mol. The van der Waals surface area contributed by atoms with Crippen molar-refractivity contribution in [3.05, 3.63) is 57.2 Å². The standard InChI is InChI=1S/C16H15Cl2N3OS/c1-10(15-19-20-16(22-15)13-7-4-8-23-13)21(2)9-11-5-3-6-12(17)14(11)18/h3-8,10H,9H2,1-2H3/p+1/t10-/m1/s1. The highest BCUT2D eigenvalue weighted by Crippen LogP contribution is 2.26. The smallest absolute Gasteiger partial charge is 0.274 e. The summed E-state index contributed by atoms with van der Waals surface area (Å²) < 4.78 is 5.81. The van der Waals surface area contributed by atoms with Crippen LogP contribution in [0.25, 0.3) is 10.8 Å². The number of halogens is 2. The topological polar surface area (TPSA) is 43.4 Å². The average molecular weight is 369 g/mol. The van der Waals surface area contributed by atoms with Gasteiger partial charge in [-0.3, -0.25) is 0 Å². The molecule has 0 radical (unpaired) electrons. The molecule has 1 aromatic carbocycles. The highest BCUT2D eigenvalue weighted by Gasteiger charge is 2.23. The van der Waals surface area contributed by atoms with E-state index in [9.17, 15) is 0 Å². The van der Waals surface area contributed by atoms with Gasteiger partial charge in [0.05, 0.1) is 22.0 Å². The maximum Gasteiger partial charge on any atom is 0.274 e. The number of rotatable bonds is 5. The number of hydrogen-bond acceptors (Lipinski definition) is 4. The summed E-state index contributed by atoms with van der Waals surface area (Å²) >= 11 is 13.9. The molecule has 2 heterocycles. The lowest BCUT2D eigenvalue weighted by Crippen LogP contribution is -3.07. The Morgan fingerprint density at radius 2 is 2.04 bits per heavy atom. The van der Waals surface area contributed by atoms with Gasteiger partial charge in [0, 0.05) is 5.56 Å². The van der Waals surface area contributed by atoms with Crippen molar-refractivity contribution < 1.29 is 9.32 Å². The first-order valence-corrected chi connectivity index (χ1v) is 8.82. The van der Waals surface area contributed by atoms with Gasteiger partial charge in [0.1, 0.15) is 6.54 Å². The van der Waals surface area contributed by atoms with Gasteiger partial charge in [-0.15, -0.1) is 21.5 Å². The minimum absolute atomic E-state index is 0.0475. The van der Waals surface area contributed by atoms with Crippen LogP contribution in [-0.2, 0) is 6.54 Å². The van der Waals surface area contributed by atoms with Crippen molar-refractivity contribution >= 4 is 34.5 Å². The zero-order valence-corrected chi connectivity index (χ0v) is 15.0. The number of benzene rings is 1. The molecule has 3 rings (SSSR count). The lowest BCUT2D eigenvalue weighted by molar-refractivity contribution is -0.925. The molecule has 2 atom stereocenters. The number of thiophene rings is 1. The van der Waals surface area contributed by atoms with E-state index in [0.29, 0.717) is 21.8 Å². The summed E-state index contributed by atoms with van der Waals surface area (Å²) in [4.78, 5) is 2.17. The molecule has 0 amide bonds. The van der Waals surface area contributed by atoms with Gasteiger partial charge in [-0.05, 0) is 24.4 Å². The first-order valence-electron chi connectivity index (χ1n) is 7.18. The molecular formula is C16H16Cl2N3OS+. The molecule has 3 aromatic rings. The van der Waals surface area contributed by atoms with Crippen LogP contribution in [0.3, 0.4) is 0 Å². The van der Waals surface area contributed by atoms with Crippen LogP contribution in [0.15, 0.2) is 40.1 Å². The molecule has 7 heteroatoms. The van der Waals surface area contributed by atoms with E-state index in [1.165, 1.54) is 4.90 Å². The molecule has 1 unspecified atom stereocenters. The monoisotopic (exact) mass is 368 g/mol.